The Morgan fingerprint density at radius 2 is 1.78 bits per heavy atom. The molecule has 1 aliphatic heterocycles. The van der Waals surface area contributed by atoms with Gasteiger partial charge in [-0.3, -0.25) is 9.69 Å². The molecule has 0 atom stereocenters. The first kappa shape index (κ1) is 24.6. The van der Waals surface area contributed by atoms with E-state index in [1.165, 1.54) is 11.8 Å². The van der Waals surface area contributed by atoms with Gasteiger partial charge in [0.2, 0.25) is 0 Å². The monoisotopic (exact) mass is 527 g/mol. The number of hydrogen-bond acceptors (Lipinski definition) is 6. The molecule has 6 nitrogen and oxygen atoms in total. The number of rotatable bonds is 8. The van der Waals surface area contributed by atoms with Gasteiger partial charge >= 0.3 is 0 Å². The summed E-state index contributed by atoms with van der Waals surface area (Å²) in [5.74, 6) is 1.22. The van der Waals surface area contributed by atoms with E-state index < -0.39 is 0 Å². The van der Waals surface area contributed by atoms with E-state index >= 15 is 0 Å². The number of carbonyl (C=O) groups excluding carboxylic acids is 1. The van der Waals surface area contributed by atoms with Crippen molar-refractivity contribution in [3.05, 3.63) is 130 Å². The van der Waals surface area contributed by atoms with Crippen LogP contribution in [0.2, 0.25) is 5.02 Å². The van der Waals surface area contributed by atoms with E-state index in [1.54, 1.807) is 35.6 Å². The highest BCUT2D eigenvalue weighted by molar-refractivity contribution is 8.18. The summed E-state index contributed by atoms with van der Waals surface area (Å²) in [6, 6.07) is 28.5. The predicted molar refractivity (Wildman–Crippen MR) is 149 cm³/mol. The molecule has 8 heteroatoms. The number of halogens is 1. The van der Waals surface area contributed by atoms with Gasteiger partial charge in [0.15, 0.2) is 5.17 Å². The molecule has 0 unspecified atom stereocenters. The summed E-state index contributed by atoms with van der Waals surface area (Å²) < 4.78 is 11.4. The number of carbonyl (C=O) groups is 1. The topological polar surface area (TPSA) is 67.4 Å². The van der Waals surface area contributed by atoms with Gasteiger partial charge < -0.3 is 9.15 Å². The first-order chi connectivity index (χ1) is 18.1. The summed E-state index contributed by atoms with van der Waals surface area (Å²) in [6.45, 7) is 0.737. The Kier molecular flexibility index (Phi) is 7.84. The highest BCUT2D eigenvalue weighted by Crippen LogP contribution is 2.34. The third kappa shape index (κ3) is 6.58. The number of amidine groups is 1. The fourth-order valence-corrected chi connectivity index (χ4v) is 4.62. The van der Waals surface area contributed by atoms with Crippen LogP contribution in [0.3, 0.4) is 0 Å². The van der Waals surface area contributed by atoms with E-state index in [-0.39, 0.29) is 12.5 Å². The zero-order chi connectivity index (χ0) is 25.5. The number of hydrogen-bond donors (Lipinski definition) is 0. The number of ether oxygens (including phenoxy) is 1. The van der Waals surface area contributed by atoms with Crippen LogP contribution in [0.25, 0.3) is 6.08 Å². The van der Waals surface area contributed by atoms with Crippen molar-refractivity contribution in [1.29, 1.82) is 0 Å². The minimum absolute atomic E-state index is 0.165. The smallest absolute Gasteiger partial charge is 0.267 e. The molecule has 1 aliphatic rings. The van der Waals surface area contributed by atoms with Crippen molar-refractivity contribution in [2.45, 2.75) is 13.2 Å². The molecular weight excluding hydrogens is 506 g/mol. The molecule has 0 saturated carbocycles. The van der Waals surface area contributed by atoms with Gasteiger partial charge in [-0.25, -0.2) is 0 Å². The second kappa shape index (κ2) is 11.8. The third-order valence-corrected chi connectivity index (χ3v) is 6.66. The Morgan fingerprint density at radius 1 is 0.946 bits per heavy atom. The van der Waals surface area contributed by atoms with Crippen molar-refractivity contribution in [2.75, 3.05) is 0 Å². The number of nitrogens with zero attached hydrogens (tertiary/aromatic N) is 3. The Labute approximate surface area is 223 Å². The van der Waals surface area contributed by atoms with Crippen LogP contribution in [0.5, 0.6) is 5.75 Å². The zero-order valence-corrected chi connectivity index (χ0v) is 21.2. The fraction of sp³-hybridized carbons (Fsp3) is 0.0690. The van der Waals surface area contributed by atoms with Crippen molar-refractivity contribution in [2.24, 2.45) is 10.2 Å². The Bertz CT molecular complexity index is 1450. The summed E-state index contributed by atoms with van der Waals surface area (Å²) in [4.78, 5) is 15.3. The van der Waals surface area contributed by atoms with Crippen LogP contribution in [0.15, 0.2) is 117 Å². The van der Waals surface area contributed by atoms with Gasteiger partial charge in [0.1, 0.15) is 18.1 Å². The maximum atomic E-state index is 13.2. The van der Waals surface area contributed by atoms with Gasteiger partial charge in [-0.15, -0.1) is 5.10 Å². The van der Waals surface area contributed by atoms with E-state index in [0.29, 0.717) is 27.5 Å². The van der Waals surface area contributed by atoms with Crippen LogP contribution in [-0.4, -0.2) is 22.2 Å². The average Bonchev–Trinajstić information content (AvgIpc) is 3.54. The van der Waals surface area contributed by atoms with Gasteiger partial charge in [-0.1, -0.05) is 66.2 Å². The minimum atomic E-state index is -0.165. The highest BCUT2D eigenvalue weighted by atomic mass is 35.5. The Hall–Kier alpha value is -4.07. The molecule has 0 bridgehead atoms. The summed E-state index contributed by atoms with van der Waals surface area (Å²) >= 11 is 7.26. The number of benzene rings is 3. The predicted octanol–water partition coefficient (Wildman–Crippen LogP) is 7.02. The summed E-state index contributed by atoms with van der Waals surface area (Å²) in [5.41, 5.74) is 2.80. The van der Waals surface area contributed by atoms with E-state index in [2.05, 4.69) is 10.2 Å². The van der Waals surface area contributed by atoms with Gasteiger partial charge in [-0.05, 0) is 70.9 Å². The summed E-state index contributed by atoms with van der Waals surface area (Å²) in [7, 11) is 0. The fourth-order valence-electron chi connectivity index (χ4n) is 3.56. The van der Waals surface area contributed by atoms with Crippen molar-refractivity contribution in [1.82, 2.24) is 4.90 Å². The molecule has 0 spiro atoms. The SMILES string of the molecule is O=C1/C(=C/c2ccc(Cl)cc2)S/C(=N/N=C\c2cccc(OCc3ccccc3)c2)N1Cc1ccco1. The zero-order valence-electron chi connectivity index (χ0n) is 19.7. The largest absolute Gasteiger partial charge is 0.489 e. The van der Waals surface area contributed by atoms with Crippen molar-refractivity contribution < 1.29 is 13.9 Å². The van der Waals surface area contributed by atoms with Crippen LogP contribution in [0.1, 0.15) is 22.5 Å². The Balaban J connectivity index is 1.33. The quantitative estimate of drug-likeness (QED) is 0.140. The lowest BCUT2D eigenvalue weighted by Crippen LogP contribution is -2.28. The number of thioether (sulfide) groups is 1. The number of amides is 1. The highest BCUT2D eigenvalue weighted by Gasteiger charge is 2.34. The molecule has 0 radical (unpaired) electrons. The first-order valence-electron chi connectivity index (χ1n) is 11.5. The van der Waals surface area contributed by atoms with Crippen molar-refractivity contribution in [3.63, 3.8) is 0 Å². The maximum absolute atomic E-state index is 13.2. The van der Waals surface area contributed by atoms with E-state index in [0.717, 1.165) is 22.4 Å². The standard InChI is InChI=1S/C29H22ClN3O3S/c30-24-13-11-21(12-14-24)17-27-28(34)33(19-26-10-5-15-35-26)29(37-27)32-31-18-23-8-4-9-25(16-23)36-20-22-6-2-1-3-7-22/h1-18H,19-20H2/b27-17-,31-18-,32-29+. The Morgan fingerprint density at radius 3 is 2.57 bits per heavy atom. The normalized spacial score (nSPS) is 15.8. The van der Waals surface area contributed by atoms with E-state index in [1.807, 2.05) is 78.9 Å². The molecule has 4 aromatic rings. The summed E-state index contributed by atoms with van der Waals surface area (Å²) in [5, 5.41) is 9.74. The molecule has 1 saturated heterocycles. The van der Waals surface area contributed by atoms with Gasteiger partial charge in [0.05, 0.1) is 23.9 Å². The lowest BCUT2D eigenvalue weighted by Gasteiger charge is -2.12. The van der Waals surface area contributed by atoms with Gasteiger partial charge in [0.25, 0.3) is 5.91 Å². The third-order valence-electron chi connectivity index (χ3n) is 5.41. The minimum Gasteiger partial charge on any atom is -0.489 e. The van der Waals surface area contributed by atoms with Gasteiger partial charge in [-0.2, -0.15) is 5.10 Å². The molecule has 0 aliphatic carbocycles. The second-order valence-electron chi connectivity index (χ2n) is 8.11. The van der Waals surface area contributed by atoms with Crippen LogP contribution >= 0.6 is 23.4 Å². The first-order valence-corrected chi connectivity index (χ1v) is 12.7. The van der Waals surface area contributed by atoms with Crippen LogP contribution < -0.4 is 4.74 Å². The molecular formula is C29H22ClN3O3S. The summed E-state index contributed by atoms with van der Waals surface area (Å²) in [6.07, 6.45) is 5.03. The second-order valence-corrected chi connectivity index (χ2v) is 9.55. The van der Waals surface area contributed by atoms with Crippen LogP contribution in [-0.2, 0) is 17.9 Å². The van der Waals surface area contributed by atoms with Crippen molar-refractivity contribution in [3.8, 4) is 5.75 Å². The van der Waals surface area contributed by atoms with Crippen molar-refractivity contribution >= 4 is 46.7 Å². The maximum Gasteiger partial charge on any atom is 0.267 e. The number of furan rings is 1. The van der Waals surface area contributed by atoms with E-state index in [9.17, 15) is 4.79 Å². The molecule has 2 heterocycles. The average molecular weight is 528 g/mol. The van der Waals surface area contributed by atoms with Crippen LogP contribution in [0, 0.1) is 0 Å². The molecule has 5 rings (SSSR count). The molecule has 1 aromatic heterocycles. The molecule has 37 heavy (non-hydrogen) atoms. The molecule has 0 N–H and O–H groups in total. The molecule has 184 valence electrons. The van der Waals surface area contributed by atoms with Gasteiger partial charge in [0, 0.05) is 5.02 Å². The van der Waals surface area contributed by atoms with E-state index in [4.69, 9.17) is 20.8 Å². The van der Waals surface area contributed by atoms with Crippen LogP contribution in [0.4, 0.5) is 0 Å². The lowest BCUT2D eigenvalue weighted by molar-refractivity contribution is -0.122. The molecule has 3 aromatic carbocycles. The lowest BCUT2D eigenvalue weighted by atomic mass is 10.2. The molecule has 1 fully saturated rings. The molecule has 1 amide bonds.